The summed E-state index contributed by atoms with van der Waals surface area (Å²) in [5, 5.41) is 2.61. The van der Waals surface area contributed by atoms with Crippen LogP contribution < -0.4 is 0 Å². The van der Waals surface area contributed by atoms with Gasteiger partial charge in [-0.3, -0.25) is 4.90 Å². The molecule has 0 amide bonds. The molecule has 2 aromatic heterocycles. The summed E-state index contributed by atoms with van der Waals surface area (Å²) in [6, 6.07) is 10.4. The number of benzene rings is 1. The zero-order valence-corrected chi connectivity index (χ0v) is 17.1. The molecule has 1 fully saturated rings. The second kappa shape index (κ2) is 7.91. The zero-order chi connectivity index (χ0) is 18.1. The molecule has 1 aliphatic heterocycles. The Bertz CT molecular complexity index is 912. The Morgan fingerprint density at radius 1 is 1.12 bits per heavy atom. The summed E-state index contributed by atoms with van der Waals surface area (Å²) in [5.74, 6) is 0. The van der Waals surface area contributed by atoms with Crippen LogP contribution in [0.25, 0.3) is 10.2 Å². The molecule has 1 aromatic carbocycles. The number of morpholine rings is 1. The minimum atomic E-state index is 0.621. The molecule has 3 aromatic rings. The summed E-state index contributed by atoms with van der Waals surface area (Å²) in [6.45, 7) is 8.06. The maximum absolute atomic E-state index is 6.36. The zero-order valence-electron chi connectivity index (χ0n) is 14.8. The maximum atomic E-state index is 6.36. The van der Waals surface area contributed by atoms with E-state index in [4.69, 9.17) is 27.9 Å². The average Bonchev–Trinajstić information content (AvgIpc) is 3.14. The van der Waals surface area contributed by atoms with Gasteiger partial charge in [0.15, 0.2) is 0 Å². The molecule has 0 atom stereocenters. The number of rotatable bonds is 5. The largest absolute Gasteiger partial charge is 0.379 e. The summed E-state index contributed by atoms with van der Waals surface area (Å²) in [4.78, 5) is 5.15. The van der Waals surface area contributed by atoms with Gasteiger partial charge in [-0.1, -0.05) is 35.3 Å². The predicted molar refractivity (Wildman–Crippen MR) is 111 cm³/mol. The van der Waals surface area contributed by atoms with Crippen LogP contribution in [0.5, 0.6) is 0 Å². The van der Waals surface area contributed by atoms with E-state index in [0.29, 0.717) is 10.0 Å². The Hall–Kier alpha value is -1.04. The Morgan fingerprint density at radius 3 is 2.73 bits per heavy atom. The van der Waals surface area contributed by atoms with Gasteiger partial charge in [-0.25, -0.2) is 0 Å². The minimum absolute atomic E-state index is 0.621. The number of thiophene rings is 1. The summed E-state index contributed by atoms with van der Waals surface area (Å²) >= 11 is 14.4. The number of nitrogens with zero attached hydrogens (tertiary/aromatic N) is 2. The molecule has 0 saturated carbocycles. The highest BCUT2D eigenvalue weighted by atomic mass is 35.5. The van der Waals surface area contributed by atoms with E-state index >= 15 is 0 Å². The van der Waals surface area contributed by atoms with Crippen molar-refractivity contribution in [2.24, 2.45) is 0 Å². The van der Waals surface area contributed by atoms with Gasteiger partial charge in [0.2, 0.25) is 0 Å². The van der Waals surface area contributed by atoms with E-state index in [1.807, 2.05) is 23.5 Å². The van der Waals surface area contributed by atoms with Crippen molar-refractivity contribution < 1.29 is 4.74 Å². The van der Waals surface area contributed by atoms with Crippen molar-refractivity contribution in [3.8, 4) is 0 Å². The van der Waals surface area contributed by atoms with Crippen LogP contribution in [0.3, 0.4) is 0 Å². The molecule has 0 aliphatic carbocycles. The van der Waals surface area contributed by atoms with E-state index < -0.39 is 0 Å². The standard InChI is InChI=1S/C20H22Cl2N2OS/c1-14-11-16-13-17(12-15-3-2-4-18(21)19(15)22)26-20(16)24(14)6-5-23-7-9-25-10-8-23/h2-4,11,13H,5-10,12H2,1H3. The third kappa shape index (κ3) is 3.80. The van der Waals surface area contributed by atoms with Gasteiger partial charge in [-0.2, -0.15) is 0 Å². The number of hydrogen-bond acceptors (Lipinski definition) is 3. The third-order valence-electron chi connectivity index (χ3n) is 4.97. The van der Waals surface area contributed by atoms with Crippen LogP contribution in [0, 0.1) is 6.92 Å². The third-order valence-corrected chi connectivity index (χ3v) is 7.00. The topological polar surface area (TPSA) is 17.4 Å². The van der Waals surface area contributed by atoms with E-state index in [1.54, 1.807) is 0 Å². The first-order chi connectivity index (χ1) is 12.6. The molecule has 0 radical (unpaired) electrons. The molecular formula is C20H22Cl2N2OS. The molecule has 1 aliphatic rings. The van der Waals surface area contributed by atoms with Gasteiger partial charge in [0.05, 0.1) is 23.3 Å². The molecule has 4 rings (SSSR count). The van der Waals surface area contributed by atoms with Crippen LogP contribution in [-0.4, -0.2) is 42.3 Å². The maximum Gasteiger partial charge on any atom is 0.103 e. The van der Waals surface area contributed by atoms with E-state index in [2.05, 4.69) is 34.6 Å². The summed E-state index contributed by atoms with van der Waals surface area (Å²) in [7, 11) is 0. The number of ether oxygens (including phenoxy) is 1. The molecule has 26 heavy (non-hydrogen) atoms. The Labute approximate surface area is 168 Å². The number of aryl methyl sites for hydroxylation is 1. The van der Waals surface area contributed by atoms with Crippen molar-refractivity contribution in [2.75, 3.05) is 32.8 Å². The molecule has 6 heteroatoms. The Kier molecular flexibility index (Phi) is 5.58. The molecule has 3 nitrogen and oxygen atoms in total. The number of fused-ring (bicyclic) bond motifs is 1. The molecule has 0 N–H and O–H groups in total. The van der Waals surface area contributed by atoms with Gasteiger partial charge in [0.1, 0.15) is 4.83 Å². The lowest BCUT2D eigenvalue weighted by Crippen LogP contribution is -2.38. The van der Waals surface area contributed by atoms with Crippen molar-refractivity contribution in [1.82, 2.24) is 9.47 Å². The van der Waals surface area contributed by atoms with Crippen molar-refractivity contribution in [3.05, 3.63) is 56.5 Å². The minimum Gasteiger partial charge on any atom is -0.379 e. The fourth-order valence-electron chi connectivity index (χ4n) is 3.53. The van der Waals surface area contributed by atoms with Crippen molar-refractivity contribution in [3.63, 3.8) is 0 Å². The smallest absolute Gasteiger partial charge is 0.103 e. The second-order valence-electron chi connectivity index (χ2n) is 6.75. The first kappa shape index (κ1) is 18.3. The molecule has 0 unspecified atom stereocenters. The quantitative estimate of drug-likeness (QED) is 0.573. The lowest BCUT2D eigenvalue weighted by Gasteiger charge is -2.26. The fourth-order valence-corrected chi connectivity index (χ4v) is 5.16. The summed E-state index contributed by atoms with van der Waals surface area (Å²) in [6.07, 6.45) is 0.821. The van der Waals surface area contributed by atoms with E-state index in [-0.39, 0.29) is 0 Å². The van der Waals surface area contributed by atoms with Crippen LogP contribution in [-0.2, 0) is 17.7 Å². The molecular weight excluding hydrogens is 387 g/mol. The molecule has 3 heterocycles. The first-order valence-electron chi connectivity index (χ1n) is 8.93. The van der Waals surface area contributed by atoms with Gasteiger partial charge >= 0.3 is 0 Å². The Balaban J connectivity index is 1.53. The van der Waals surface area contributed by atoms with Crippen molar-refractivity contribution in [1.29, 1.82) is 0 Å². The van der Waals surface area contributed by atoms with E-state index in [1.165, 1.54) is 20.8 Å². The number of hydrogen-bond donors (Lipinski definition) is 0. The van der Waals surface area contributed by atoms with Crippen molar-refractivity contribution in [2.45, 2.75) is 19.9 Å². The van der Waals surface area contributed by atoms with E-state index in [9.17, 15) is 0 Å². The highest BCUT2D eigenvalue weighted by Gasteiger charge is 2.15. The van der Waals surface area contributed by atoms with Crippen molar-refractivity contribution >= 4 is 44.8 Å². The number of aromatic nitrogens is 1. The Morgan fingerprint density at radius 2 is 1.92 bits per heavy atom. The number of halogens is 2. The fraction of sp³-hybridized carbons (Fsp3) is 0.400. The van der Waals surface area contributed by atoms with Crippen LogP contribution in [0.4, 0.5) is 0 Å². The molecule has 1 saturated heterocycles. The SMILES string of the molecule is Cc1cc2cc(Cc3cccc(Cl)c3Cl)sc2n1CCN1CCOCC1. The molecule has 0 spiro atoms. The highest BCUT2D eigenvalue weighted by Crippen LogP contribution is 2.33. The van der Waals surface area contributed by atoms with Gasteiger partial charge in [-0.15, -0.1) is 11.3 Å². The highest BCUT2D eigenvalue weighted by molar-refractivity contribution is 7.18. The molecule has 138 valence electrons. The summed E-state index contributed by atoms with van der Waals surface area (Å²) in [5.41, 5.74) is 2.41. The van der Waals surface area contributed by atoms with Gasteiger partial charge in [0, 0.05) is 48.6 Å². The predicted octanol–water partition coefficient (Wildman–Crippen LogP) is 5.24. The van der Waals surface area contributed by atoms with Gasteiger partial charge in [-0.05, 0) is 30.7 Å². The van der Waals surface area contributed by atoms with Gasteiger partial charge in [0.25, 0.3) is 0 Å². The monoisotopic (exact) mass is 408 g/mol. The average molecular weight is 409 g/mol. The second-order valence-corrected chi connectivity index (χ2v) is 8.65. The summed E-state index contributed by atoms with van der Waals surface area (Å²) < 4.78 is 7.89. The lowest BCUT2D eigenvalue weighted by atomic mass is 10.1. The molecule has 0 bridgehead atoms. The normalized spacial score (nSPS) is 15.8. The van der Waals surface area contributed by atoms with Crippen LogP contribution in [0.1, 0.15) is 16.1 Å². The lowest BCUT2D eigenvalue weighted by molar-refractivity contribution is 0.0365. The first-order valence-corrected chi connectivity index (χ1v) is 10.5. The van der Waals surface area contributed by atoms with Gasteiger partial charge < -0.3 is 9.30 Å². The van der Waals surface area contributed by atoms with Crippen LogP contribution >= 0.6 is 34.5 Å². The van der Waals surface area contributed by atoms with Crippen LogP contribution in [0.2, 0.25) is 10.0 Å². The van der Waals surface area contributed by atoms with Crippen LogP contribution in [0.15, 0.2) is 30.3 Å². The van der Waals surface area contributed by atoms with E-state index in [0.717, 1.165) is 51.4 Å².